The van der Waals surface area contributed by atoms with E-state index in [9.17, 15) is 4.79 Å². The van der Waals surface area contributed by atoms with Crippen LogP contribution in [0.5, 0.6) is 0 Å². The topological polar surface area (TPSA) is 42.0 Å². The molecule has 5 rings (SSSR count). The predicted octanol–water partition coefficient (Wildman–Crippen LogP) is 6.65. The van der Waals surface area contributed by atoms with Crippen molar-refractivity contribution in [1.29, 1.82) is 0 Å². The summed E-state index contributed by atoms with van der Waals surface area (Å²) >= 11 is 1.44. The fourth-order valence-corrected chi connectivity index (χ4v) is 5.20. The van der Waals surface area contributed by atoms with Crippen LogP contribution in [-0.4, -0.2) is 10.9 Å². The van der Waals surface area contributed by atoms with Crippen molar-refractivity contribution in [3.63, 3.8) is 0 Å². The van der Waals surface area contributed by atoms with Gasteiger partial charge in [-0.25, -0.2) is 4.98 Å². The minimum absolute atomic E-state index is 0.0129. The summed E-state index contributed by atoms with van der Waals surface area (Å²) in [7, 11) is 0. The lowest BCUT2D eigenvalue weighted by Crippen LogP contribution is -2.37. The molecule has 2 unspecified atom stereocenters. The lowest BCUT2D eigenvalue weighted by Gasteiger charge is -2.31. The maximum absolute atomic E-state index is 13.5. The minimum Gasteiger partial charge on any atom is -0.301 e. The number of benzene rings is 3. The van der Waals surface area contributed by atoms with Crippen molar-refractivity contribution in [2.24, 2.45) is 5.41 Å². The van der Waals surface area contributed by atoms with E-state index in [1.807, 2.05) is 41.8 Å². The van der Waals surface area contributed by atoms with Crippen LogP contribution in [0.3, 0.4) is 0 Å². The van der Waals surface area contributed by atoms with Gasteiger partial charge in [-0.15, -0.1) is 11.3 Å². The first-order chi connectivity index (χ1) is 15.6. The summed E-state index contributed by atoms with van der Waals surface area (Å²) in [6.07, 6.45) is 6.68. The Morgan fingerprint density at radius 3 is 2.44 bits per heavy atom. The summed E-state index contributed by atoms with van der Waals surface area (Å²) in [6.45, 7) is 2.08. The first kappa shape index (κ1) is 20.4. The fraction of sp³-hybridized carbons (Fsp3) is 0.143. The molecule has 1 N–H and O–H groups in total. The van der Waals surface area contributed by atoms with E-state index >= 15 is 0 Å². The third-order valence-corrected chi connectivity index (χ3v) is 6.94. The average molecular weight is 437 g/mol. The van der Waals surface area contributed by atoms with Crippen LogP contribution in [0.15, 0.2) is 90.4 Å². The van der Waals surface area contributed by atoms with Crippen LogP contribution < -0.4 is 5.32 Å². The Bertz CT molecular complexity index is 1250. The average Bonchev–Trinajstić information content (AvgIpc) is 3.44. The highest BCUT2D eigenvalue weighted by Gasteiger charge is 2.48. The van der Waals surface area contributed by atoms with Crippen molar-refractivity contribution in [3.05, 3.63) is 118 Å². The molecule has 1 amide bonds. The van der Waals surface area contributed by atoms with Crippen LogP contribution in [0.4, 0.5) is 5.13 Å². The number of nitrogens with one attached hydrogen (secondary N) is 1. The summed E-state index contributed by atoms with van der Waals surface area (Å²) in [5.74, 6) is -0.0115. The van der Waals surface area contributed by atoms with Gasteiger partial charge in [-0.1, -0.05) is 91.0 Å². The lowest BCUT2D eigenvalue weighted by atomic mass is 9.73. The molecular weight excluding hydrogens is 412 g/mol. The Labute approximate surface area is 192 Å². The van der Waals surface area contributed by atoms with Crippen LogP contribution in [0, 0.1) is 5.41 Å². The second-order valence-electron chi connectivity index (χ2n) is 8.43. The maximum atomic E-state index is 13.5. The van der Waals surface area contributed by atoms with Crippen LogP contribution in [-0.2, 0) is 11.2 Å². The van der Waals surface area contributed by atoms with Gasteiger partial charge in [-0.2, -0.15) is 0 Å². The number of aromatic nitrogens is 1. The molecule has 3 nitrogen and oxygen atoms in total. The zero-order valence-electron chi connectivity index (χ0n) is 17.9. The lowest BCUT2D eigenvalue weighted by molar-refractivity contribution is -0.125. The van der Waals surface area contributed by atoms with Gasteiger partial charge in [0.25, 0.3) is 0 Å². The highest BCUT2D eigenvalue weighted by Crippen LogP contribution is 2.51. The van der Waals surface area contributed by atoms with Gasteiger partial charge in [0, 0.05) is 17.5 Å². The molecule has 1 aliphatic rings. The van der Waals surface area contributed by atoms with Gasteiger partial charge in [-0.3, -0.25) is 4.79 Å². The minimum atomic E-state index is -0.600. The van der Waals surface area contributed by atoms with E-state index in [2.05, 4.69) is 71.8 Å². The van der Waals surface area contributed by atoms with Crippen molar-refractivity contribution in [1.82, 2.24) is 4.98 Å². The molecule has 0 fully saturated rings. The third-order valence-electron chi connectivity index (χ3n) is 6.25. The maximum Gasteiger partial charge on any atom is 0.233 e. The Balaban J connectivity index is 1.53. The fourth-order valence-electron chi connectivity index (χ4n) is 4.67. The van der Waals surface area contributed by atoms with Gasteiger partial charge in [0.2, 0.25) is 5.91 Å². The molecular formula is C28H24N2OS. The molecule has 0 spiro atoms. The Hall–Kier alpha value is -3.50. The summed E-state index contributed by atoms with van der Waals surface area (Å²) in [5.41, 5.74) is 5.32. The quantitative estimate of drug-likeness (QED) is 0.356. The summed E-state index contributed by atoms with van der Waals surface area (Å²) in [6, 6.07) is 27.2. The normalized spacial score (nSPS) is 19.7. The molecule has 4 aromatic rings. The van der Waals surface area contributed by atoms with Gasteiger partial charge in [0.15, 0.2) is 5.13 Å². The largest absolute Gasteiger partial charge is 0.301 e. The third kappa shape index (κ3) is 3.90. The molecule has 158 valence electrons. The summed E-state index contributed by atoms with van der Waals surface area (Å²) in [4.78, 5) is 17.8. The van der Waals surface area contributed by atoms with Crippen molar-refractivity contribution < 1.29 is 4.79 Å². The molecule has 0 saturated heterocycles. The molecule has 1 aromatic heterocycles. The number of hydrogen-bond acceptors (Lipinski definition) is 3. The molecule has 32 heavy (non-hydrogen) atoms. The second-order valence-corrected chi connectivity index (χ2v) is 9.33. The van der Waals surface area contributed by atoms with Crippen molar-refractivity contribution in [2.45, 2.75) is 19.3 Å². The molecule has 0 bridgehead atoms. The van der Waals surface area contributed by atoms with E-state index in [-0.39, 0.29) is 11.8 Å². The van der Waals surface area contributed by atoms with E-state index in [1.54, 1.807) is 6.20 Å². The Morgan fingerprint density at radius 2 is 1.72 bits per heavy atom. The SMILES string of the molecule is CC1(C(=O)Nc2nccs2)Cc2ccc(C=Cc3ccccc3)cc2C1c1ccccc1. The van der Waals surface area contributed by atoms with Crippen LogP contribution >= 0.6 is 11.3 Å². The first-order valence-corrected chi connectivity index (χ1v) is 11.6. The first-order valence-electron chi connectivity index (χ1n) is 10.8. The van der Waals surface area contributed by atoms with E-state index in [4.69, 9.17) is 0 Å². The van der Waals surface area contributed by atoms with Crippen LogP contribution in [0.1, 0.15) is 40.7 Å². The zero-order chi connectivity index (χ0) is 22.0. The number of thiazole rings is 1. The number of carbonyl (C=O) groups is 1. The Morgan fingerprint density at radius 1 is 1.00 bits per heavy atom. The number of hydrogen-bond donors (Lipinski definition) is 1. The summed E-state index contributed by atoms with van der Waals surface area (Å²) < 4.78 is 0. The standard InChI is InChI=1S/C28H24N2OS/c1-28(26(31)30-27-29-16-17-32-27)19-23-15-14-21(13-12-20-8-4-2-5-9-20)18-24(23)25(28)22-10-6-3-7-11-22/h2-18,25H,19H2,1H3,(H,29,30,31). The number of anilines is 1. The molecule has 0 radical (unpaired) electrons. The van der Waals surface area contributed by atoms with Crippen molar-refractivity contribution in [2.75, 3.05) is 5.32 Å². The molecule has 2 atom stereocenters. The van der Waals surface area contributed by atoms with Crippen LogP contribution in [0.25, 0.3) is 12.2 Å². The Kier molecular flexibility index (Phi) is 5.46. The van der Waals surface area contributed by atoms with E-state index in [0.29, 0.717) is 11.6 Å². The number of amides is 1. The molecule has 4 heteroatoms. The van der Waals surface area contributed by atoms with Gasteiger partial charge in [0.05, 0.1) is 5.41 Å². The summed E-state index contributed by atoms with van der Waals surface area (Å²) in [5, 5.41) is 5.58. The van der Waals surface area contributed by atoms with Gasteiger partial charge >= 0.3 is 0 Å². The van der Waals surface area contributed by atoms with Gasteiger partial charge in [0.1, 0.15) is 0 Å². The van der Waals surface area contributed by atoms with E-state index < -0.39 is 5.41 Å². The van der Waals surface area contributed by atoms with Crippen LogP contribution in [0.2, 0.25) is 0 Å². The number of fused-ring (bicyclic) bond motifs is 1. The molecule has 1 heterocycles. The smallest absolute Gasteiger partial charge is 0.233 e. The van der Waals surface area contributed by atoms with Crippen molar-refractivity contribution >= 4 is 34.5 Å². The second kappa shape index (κ2) is 8.56. The number of rotatable bonds is 5. The molecule has 3 aromatic carbocycles. The predicted molar refractivity (Wildman–Crippen MR) is 133 cm³/mol. The monoisotopic (exact) mass is 436 g/mol. The van der Waals surface area contributed by atoms with Gasteiger partial charge < -0.3 is 5.32 Å². The van der Waals surface area contributed by atoms with E-state index in [1.165, 1.54) is 28.0 Å². The zero-order valence-corrected chi connectivity index (χ0v) is 18.7. The highest BCUT2D eigenvalue weighted by atomic mass is 32.1. The molecule has 1 aliphatic carbocycles. The van der Waals surface area contributed by atoms with Crippen molar-refractivity contribution in [3.8, 4) is 0 Å². The molecule has 0 aliphatic heterocycles. The van der Waals surface area contributed by atoms with E-state index in [0.717, 1.165) is 11.1 Å². The molecule has 0 saturated carbocycles. The highest BCUT2D eigenvalue weighted by molar-refractivity contribution is 7.13. The number of carbonyl (C=O) groups excluding carboxylic acids is 1. The number of nitrogens with zero attached hydrogens (tertiary/aromatic N) is 1. The van der Waals surface area contributed by atoms with Gasteiger partial charge in [-0.05, 0) is 41.2 Å².